The summed E-state index contributed by atoms with van der Waals surface area (Å²) in [4.78, 5) is 6.70. The lowest BCUT2D eigenvalue weighted by atomic mass is 10.00. The first-order valence-electron chi connectivity index (χ1n) is 8.25. The SMILES string of the molecule is Cc1nc([C@@H]2CCO[C@@H]2CN(C)Cc2ccc(C)c(C#N)c2)n[nH]1. The Labute approximate surface area is 142 Å². The highest BCUT2D eigenvalue weighted by molar-refractivity contribution is 5.39. The second kappa shape index (κ2) is 7.12. The second-order valence-electron chi connectivity index (χ2n) is 6.54. The van der Waals surface area contributed by atoms with Gasteiger partial charge in [0, 0.05) is 19.7 Å². The molecule has 1 aromatic carbocycles. The van der Waals surface area contributed by atoms with Gasteiger partial charge in [-0.1, -0.05) is 12.1 Å². The number of nitrogens with zero attached hydrogens (tertiary/aromatic N) is 4. The molecule has 24 heavy (non-hydrogen) atoms. The van der Waals surface area contributed by atoms with Gasteiger partial charge in [-0.05, 0) is 44.5 Å². The number of likely N-dealkylation sites (N-methyl/N-ethyl adjacent to an activating group) is 1. The number of rotatable bonds is 5. The predicted molar refractivity (Wildman–Crippen MR) is 90.4 cm³/mol. The molecule has 0 spiro atoms. The minimum atomic E-state index is 0.103. The molecule has 1 fully saturated rings. The van der Waals surface area contributed by atoms with E-state index in [2.05, 4.69) is 39.3 Å². The van der Waals surface area contributed by atoms with E-state index in [4.69, 9.17) is 10.00 Å². The van der Waals surface area contributed by atoms with Crippen molar-refractivity contribution in [3.05, 3.63) is 46.5 Å². The van der Waals surface area contributed by atoms with Gasteiger partial charge in [0.05, 0.1) is 23.7 Å². The Bertz CT molecular complexity index is 748. The first kappa shape index (κ1) is 16.6. The molecule has 0 radical (unpaired) electrons. The molecule has 1 aromatic heterocycles. The number of aromatic nitrogens is 3. The largest absolute Gasteiger partial charge is 0.376 e. The summed E-state index contributed by atoms with van der Waals surface area (Å²) >= 11 is 0. The topological polar surface area (TPSA) is 77.8 Å². The van der Waals surface area contributed by atoms with Crippen LogP contribution in [0.4, 0.5) is 0 Å². The highest BCUT2D eigenvalue weighted by Gasteiger charge is 2.33. The molecule has 0 bridgehead atoms. The minimum Gasteiger partial charge on any atom is -0.376 e. The quantitative estimate of drug-likeness (QED) is 0.912. The van der Waals surface area contributed by atoms with Gasteiger partial charge in [0.1, 0.15) is 5.82 Å². The molecule has 0 aliphatic carbocycles. The van der Waals surface area contributed by atoms with Crippen molar-refractivity contribution in [2.45, 2.75) is 38.8 Å². The first-order chi connectivity index (χ1) is 11.6. The van der Waals surface area contributed by atoms with Crippen molar-refractivity contribution in [2.75, 3.05) is 20.2 Å². The van der Waals surface area contributed by atoms with Crippen LogP contribution in [0.15, 0.2) is 18.2 Å². The van der Waals surface area contributed by atoms with Gasteiger partial charge in [0.2, 0.25) is 0 Å². The van der Waals surface area contributed by atoms with Crippen molar-refractivity contribution in [3.63, 3.8) is 0 Å². The van der Waals surface area contributed by atoms with Crippen molar-refractivity contribution in [3.8, 4) is 6.07 Å². The van der Waals surface area contributed by atoms with Crippen LogP contribution < -0.4 is 0 Å². The van der Waals surface area contributed by atoms with E-state index in [1.807, 2.05) is 26.0 Å². The standard InChI is InChI=1S/C18H23N5O/c1-12-4-5-14(8-15(12)9-19)10-23(3)11-17-16(6-7-24-17)18-20-13(2)21-22-18/h4-5,8,16-17H,6-7,10-11H2,1-3H3,(H,20,21,22)/t16-,17-/m1/s1. The van der Waals surface area contributed by atoms with Gasteiger partial charge >= 0.3 is 0 Å². The van der Waals surface area contributed by atoms with E-state index in [0.717, 1.165) is 54.5 Å². The summed E-state index contributed by atoms with van der Waals surface area (Å²) in [6.45, 7) is 6.22. The van der Waals surface area contributed by atoms with Gasteiger partial charge in [-0.15, -0.1) is 0 Å². The lowest BCUT2D eigenvalue weighted by Gasteiger charge is -2.23. The molecule has 1 aliphatic heterocycles. The number of nitrogens with one attached hydrogen (secondary N) is 1. The van der Waals surface area contributed by atoms with Crippen LogP contribution in [0.5, 0.6) is 0 Å². The number of hydrogen-bond donors (Lipinski definition) is 1. The van der Waals surface area contributed by atoms with Crippen molar-refractivity contribution in [1.82, 2.24) is 20.1 Å². The smallest absolute Gasteiger partial charge is 0.156 e. The highest BCUT2D eigenvalue weighted by atomic mass is 16.5. The molecule has 2 atom stereocenters. The Morgan fingerprint density at radius 2 is 2.25 bits per heavy atom. The van der Waals surface area contributed by atoms with E-state index in [1.54, 1.807) is 0 Å². The molecule has 1 aliphatic rings. The maximum atomic E-state index is 9.17. The molecule has 2 aromatic rings. The normalized spacial score (nSPS) is 20.5. The van der Waals surface area contributed by atoms with E-state index in [1.165, 1.54) is 0 Å². The van der Waals surface area contributed by atoms with Crippen LogP contribution in [0, 0.1) is 25.2 Å². The monoisotopic (exact) mass is 325 g/mol. The Hall–Kier alpha value is -2.23. The third-order valence-corrected chi connectivity index (χ3v) is 4.52. The molecular formula is C18H23N5O. The molecule has 1 N–H and O–H groups in total. The summed E-state index contributed by atoms with van der Waals surface area (Å²) in [5, 5.41) is 16.4. The number of nitriles is 1. The summed E-state index contributed by atoms with van der Waals surface area (Å²) in [6, 6.07) is 8.31. The van der Waals surface area contributed by atoms with Gasteiger partial charge < -0.3 is 4.74 Å². The Morgan fingerprint density at radius 3 is 2.96 bits per heavy atom. The Balaban J connectivity index is 1.64. The zero-order valence-electron chi connectivity index (χ0n) is 14.4. The summed E-state index contributed by atoms with van der Waals surface area (Å²) in [7, 11) is 2.08. The second-order valence-corrected chi connectivity index (χ2v) is 6.54. The summed E-state index contributed by atoms with van der Waals surface area (Å²) < 4.78 is 5.91. The summed E-state index contributed by atoms with van der Waals surface area (Å²) in [5.74, 6) is 1.93. The number of aromatic amines is 1. The number of benzene rings is 1. The zero-order chi connectivity index (χ0) is 17.1. The summed E-state index contributed by atoms with van der Waals surface area (Å²) in [5.41, 5.74) is 2.90. The third kappa shape index (κ3) is 3.64. The number of hydrogen-bond acceptors (Lipinski definition) is 5. The molecular weight excluding hydrogens is 302 g/mol. The van der Waals surface area contributed by atoms with E-state index in [0.29, 0.717) is 0 Å². The average molecular weight is 325 g/mol. The molecule has 126 valence electrons. The van der Waals surface area contributed by atoms with Crippen LogP contribution in [0.25, 0.3) is 0 Å². The molecule has 1 saturated heterocycles. The fraction of sp³-hybridized carbons (Fsp3) is 0.500. The molecule has 6 heteroatoms. The fourth-order valence-electron chi connectivity index (χ4n) is 3.22. The van der Waals surface area contributed by atoms with Crippen molar-refractivity contribution < 1.29 is 4.74 Å². The van der Waals surface area contributed by atoms with Crippen molar-refractivity contribution in [2.24, 2.45) is 0 Å². The fourth-order valence-corrected chi connectivity index (χ4v) is 3.22. The van der Waals surface area contributed by atoms with E-state index in [-0.39, 0.29) is 12.0 Å². The molecule has 0 unspecified atom stereocenters. The van der Waals surface area contributed by atoms with Gasteiger partial charge in [-0.25, -0.2) is 4.98 Å². The zero-order valence-corrected chi connectivity index (χ0v) is 14.4. The van der Waals surface area contributed by atoms with Crippen molar-refractivity contribution in [1.29, 1.82) is 5.26 Å². The van der Waals surface area contributed by atoms with Gasteiger partial charge in [-0.2, -0.15) is 10.4 Å². The molecule has 0 amide bonds. The van der Waals surface area contributed by atoms with Crippen LogP contribution >= 0.6 is 0 Å². The first-order valence-corrected chi connectivity index (χ1v) is 8.25. The van der Waals surface area contributed by atoms with Gasteiger partial charge in [0.25, 0.3) is 0 Å². The third-order valence-electron chi connectivity index (χ3n) is 4.52. The van der Waals surface area contributed by atoms with Crippen molar-refractivity contribution >= 4 is 0 Å². The molecule has 6 nitrogen and oxygen atoms in total. The lowest BCUT2D eigenvalue weighted by Crippen LogP contribution is -2.32. The van der Waals surface area contributed by atoms with Crippen LogP contribution in [-0.4, -0.2) is 46.4 Å². The summed E-state index contributed by atoms with van der Waals surface area (Å²) in [6.07, 6.45) is 1.06. The Morgan fingerprint density at radius 1 is 1.42 bits per heavy atom. The maximum Gasteiger partial charge on any atom is 0.156 e. The van der Waals surface area contributed by atoms with E-state index in [9.17, 15) is 0 Å². The van der Waals surface area contributed by atoms with Gasteiger partial charge in [-0.3, -0.25) is 10.00 Å². The lowest BCUT2D eigenvalue weighted by molar-refractivity contribution is 0.0711. The molecule has 0 saturated carbocycles. The minimum absolute atomic E-state index is 0.103. The van der Waals surface area contributed by atoms with Crippen LogP contribution in [0.3, 0.4) is 0 Å². The van der Waals surface area contributed by atoms with Gasteiger partial charge in [0.15, 0.2) is 5.82 Å². The van der Waals surface area contributed by atoms with E-state index < -0.39 is 0 Å². The van der Waals surface area contributed by atoms with Crippen LogP contribution in [0.1, 0.15) is 40.7 Å². The average Bonchev–Trinajstić information content (AvgIpc) is 3.17. The number of H-pyrrole nitrogens is 1. The maximum absolute atomic E-state index is 9.17. The highest BCUT2D eigenvalue weighted by Crippen LogP contribution is 2.29. The predicted octanol–water partition coefficient (Wildman–Crippen LogP) is 2.30. The van der Waals surface area contributed by atoms with Crippen LogP contribution in [0.2, 0.25) is 0 Å². The van der Waals surface area contributed by atoms with Crippen LogP contribution in [-0.2, 0) is 11.3 Å². The molecule has 2 heterocycles. The molecule has 3 rings (SSSR count). The Kier molecular flexibility index (Phi) is 4.93. The van der Waals surface area contributed by atoms with E-state index >= 15 is 0 Å². The number of ether oxygens (including phenoxy) is 1. The number of aryl methyl sites for hydroxylation is 2.